The minimum absolute atomic E-state index is 0.176. The van der Waals surface area contributed by atoms with E-state index in [9.17, 15) is 8.42 Å². The number of H-pyrrole nitrogens is 1. The molecule has 7 nitrogen and oxygen atoms in total. The summed E-state index contributed by atoms with van der Waals surface area (Å²) in [6.07, 6.45) is 1.61. The van der Waals surface area contributed by atoms with Crippen molar-refractivity contribution in [1.82, 2.24) is 20.5 Å². The summed E-state index contributed by atoms with van der Waals surface area (Å²) in [4.78, 5) is 4.24. The number of aryl methyl sites for hydroxylation is 2. The maximum absolute atomic E-state index is 12.5. The molecule has 3 N–H and O–H groups in total. The van der Waals surface area contributed by atoms with Crippen molar-refractivity contribution in [2.24, 2.45) is 0 Å². The Morgan fingerprint density at radius 1 is 1.35 bits per heavy atom. The minimum Gasteiger partial charge on any atom is -0.314 e. The highest BCUT2D eigenvalue weighted by atomic mass is 32.2. The SMILES string of the molecule is CNCc1n[nH]c(C)c1S(=O)(=O)Nc1cccnc1C. The molecular formula is C12H17N5O2S. The van der Waals surface area contributed by atoms with Crippen LogP contribution in [-0.2, 0) is 16.6 Å². The molecule has 0 amide bonds. The summed E-state index contributed by atoms with van der Waals surface area (Å²) >= 11 is 0. The summed E-state index contributed by atoms with van der Waals surface area (Å²) in [5, 5.41) is 9.62. The van der Waals surface area contributed by atoms with Gasteiger partial charge in [0.1, 0.15) is 4.90 Å². The van der Waals surface area contributed by atoms with Gasteiger partial charge in [-0.15, -0.1) is 0 Å². The molecule has 0 radical (unpaired) electrons. The Kier molecular flexibility index (Phi) is 4.05. The van der Waals surface area contributed by atoms with Crippen LogP contribution in [-0.4, -0.2) is 30.6 Å². The summed E-state index contributed by atoms with van der Waals surface area (Å²) < 4.78 is 27.6. The molecule has 2 aromatic heterocycles. The molecule has 0 fully saturated rings. The zero-order valence-corrected chi connectivity index (χ0v) is 12.4. The molecule has 2 heterocycles. The highest BCUT2D eigenvalue weighted by Crippen LogP contribution is 2.22. The summed E-state index contributed by atoms with van der Waals surface area (Å²) in [6, 6.07) is 3.36. The molecule has 0 aromatic carbocycles. The Balaban J connectivity index is 2.41. The van der Waals surface area contributed by atoms with Crippen molar-refractivity contribution in [3.8, 4) is 0 Å². The molecule has 0 aliphatic rings. The fourth-order valence-electron chi connectivity index (χ4n) is 1.90. The van der Waals surface area contributed by atoms with Gasteiger partial charge in [-0.05, 0) is 33.0 Å². The van der Waals surface area contributed by atoms with E-state index >= 15 is 0 Å². The number of pyridine rings is 1. The molecule has 0 bridgehead atoms. The van der Waals surface area contributed by atoms with Crippen LogP contribution in [0.2, 0.25) is 0 Å². The smallest absolute Gasteiger partial charge is 0.265 e. The molecule has 0 aliphatic carbocycles. The first-order valence-corrected chi connectivity index (χ1v) is 7.57. The van der Waals surface area contributed by atoms with Gasteiger partial charge < -0.3 is 5.32 Å². The molecule has 20 heavy (non-hydrogen) atoms. The second-order valence-electron chi connectivity index (χ2n) is 4.40. The lowest BCUT2D eigenvalue weighted by molar-refractivity contribution is 0.598. The molecule has 0 saturated heterocycles. The quantitative estimate of drug-likeness (QED) is 0.762. The molecule has 0 unspecified atom stereocenters. The number of aromatic nitrogens is 3. The lowest BCUT2D eigenvalue weighted by Crippen LogP contribution is -2.18. The van der Waals surface area contributed by atoms with E-state index in [4.69, 9.17) is 0 Å². The number of nitrogens with zero attached hydrogens (tertiary/aromatic N) is 2. The monoisotopic (exact) mass is 295 g/mol. The van der Waals surface area contributed by atoms with Gasteiger partial charge in [0.25, 0.3) is 10.0 Å². The molecule has 0 saturated carbocycles. The van der Waals surface area contributed by atoms with E-state index in [-0.39, 0.29) is 4.90 Å². The largest absolute Gasteiger partial charge is 0.314 e. The molecule has 2 aromatic rings. The third-order valence-corrected chi connectivity index (χ3v) is 4.39. The van der Waals surface area contributed by atoms with Gasteiger partial charge in [0.05, 0.1) is 22.8 Å². The van der Waals surface area contributed by atoms with E-state index in [1.54, 1.807) is 39.2 Å². The predicted molar refractivity (Wildman–Crippen MR) is 75.9 cm³/mol. The van der Waals surface area contributed by atoms with Gasteiger partial charge in [-0.25, -0.2) is 8.42 Å². The first kappa shape index (κ1) is 14.5. The molecule has 0 atom stereocenters. The number of hydrogen-bond acceptors (Lipinski definition) is 5. The maximum Gasteiger partial charge on any atom is 0.265 e. The average Bonchev–Trinajstić information content (AvgIpc) is 2.74. The first-order chi connectivity index (χ1) is 9.45. The second kappa shape index (κ2) is 5.59. The Labute approximate surface area is 117 Å². The predicted octanol–water partition coefficient (Wildman–Crippen LogP) is 0.942. The van der Waals surface area contributed by atoms with Crippen molar-refractivity contribution in [2.75, 3.05) is 11.8 Å². The first-order valence-electron chi connectivity index (χ1n) is 6.08. The van der Waals surface area contributed by atoms with Crippen LogP contribution in [0.5, 0.6) is 0 Å². The summed E-state index contributed by atoms with van der Waals surface area (Å²) in [6.45, 7) is 3.79. The number of aromatic amines is 1. The highest BCUT2D eigenvalue weighted by molar-refractivity contribution is 7.92. The third-order valence-electron chi connectivity index (χ3n) is 2.83. The lowest BCUT2D eigenvalue weighted by Gasteiger charge is -2.10. The van der Waals surface area contributed by atoms with Crippen molar-refractivity contribution < 1.29 is 8.42 Å². The summed E-state index contributed by atoms with van der Waals surface area (Å²) in [5.74, 6) is 0. The summed E-state index contributed by atoms with van der Waals surface area (Å²) in [7, 11) is -1.96. The van der Waals surface area contributed by atoms with Gasteiger partial charge in [0.2, 0.25) is 0 Å². The fourth-order valence-corrected chi connectivity index (χ4v) is 3.39. The van der Waals surface area contributed by atoms with Gasteiger partial charge in [-0.3, -0.25) is 14.8 Å². The van der Waals surface area contributed by atoms with Crippen molar-refractivity contribution in [3.05, 3.63) is 35.4 Å². The third kappa shape index (κ3) is 2.81. The zero-order valence-electron chi connectivity index (χ0n) is 11.6. The van der Waals surface area contributed by atoms with Gasteiger partial charge in [0, 0.05) is 12.7 Å². The maximum atomic E-state index is 12.5. The Morgan fingerprint density at radius 2 is 2.10 bits per heavy atom. The molecule has 2 rings (SSSR count). The standard InChI is InChI=1S/C12H17N5O2S/c1-8-10(5-4-6-14-8)17-20(18,19)12-9(2)15-16-11(12)7-13-3/h4-6,13,17H,7H2,1-3H3,(H,15,16). The molecule has 0 aliphatic heterocycles. The number of anilines is 1. The molecule has 8 heteroatoms. The topological polar surface area (TPSA) is 99.8 Å². The van der Waals surface area contributed by atoms with Crippen LogP contribution in [0, 0.1) is 13.8 Å². The fraction of sp³-hybridized carbons (Fsp3) is 0.333. The van der Waals surface area contributed by atoms with E-state index in [2.05, 4.69) is 25.2 Å². The number of hydrogen-bond donors (Lipinski definition) is 3. The summed E-state index contributed by atoms with van der Waals surface area (Å²) in [5.41, 5.74) is 2.04. The van der Waals surface area contributed by atoms with Crippen LogP contribution < -0.4 is 10.0 Å². The number of nitrogens with one attached hydrogen (secondary N) is 3. The molecular weight excluding hydrogens is 278 g/mol. The molecule has 0 spiro atoms. The Hall–Kier alpha value is -1.93. The van der Waals surface area contributed by atoms with Crippen molar-refractivity contribution in [1.29, 1.82) is 0 Å². The van der Waals surface area contributed by atoms with Gasteiger partial charge >= 0.3 is 0 Å². The van der Waals surface area contributed by atoms with E-state index < -0.39 is 10.0 Å². The Morgan fingerprint density at radius 3 is 2.75 bits per heavy atom. The number of rotatable bonds is 5. The van der Waals surface area contributed by atoms with Gasteiger partial charge in [-0.2, -0.15) is 5.10 Å². The average molecular weight is 295 g/mol. The van der Waals surface area contributed by atoms with Crippen LogP contribution in [0.25, 0.3) is 0 Å². The second-order valence-corrected chi connectivity index (χ2v) is 6.02. The van der Waals surface area contributed by atoms with E-state index in [0.29, 0.717) is 29.3 Å². The van der Waals surface area contributed by atoms with Crippen LogP contribution in [0.1, 0.15) is 17.1 Å². The van der Waals surface area contributed by atoms with E-state index in [1.807, 2.05) is 0 Å². The van der Waals surface area contributed by atoms with Crippen molar-refractivity contribution >= 4 is 15.7 Å². The van der Waals surface area contributed by atoms with Crippen LogP contribution >= 0.6 is 0 Å². The minimum atomic E-state index is -3.70. The highest BCUT2D eigenvalue weighted by Gasteiger charge is 2.24. The van der Waals surface area contributed by atoms with Crippen LogP contribution in [0.4, 0.5) is 5.69 Å². The van der Waals surface area contributed by atoms with Crippen LogP contribution in [0.3, 0.4) is 0 Å². The Bertz CT molecular complexity index is 708. The number of sulfonamides is 1. The van der Waals surface area contributed by atoms with Gasteiger partial charge in [0.15, 0.2) is 0 Å². The van der Waals surface area contributed by atoms with Crippen molar-refractivity contribution in [3.63, 3.8) is 0 Å². The lowest BCUT2D eigenvalue weighted by atomic mass is 10.3. The van der Waals surface area contributed by atoms with E-state index in [1.165, 1.54) is 0 Å². The zero-order chi connectivity index (χ0) is 14.8. The van der Waals surface area contributed by atoms with Crippen molar-refractivity contribution in [2.45, 2.75) is 25.3 Å². The van der Waals surface area contributed by atoms with Crippen LogP contribution in [0.15, 0.2) is 23.2 Å². The molecule has 108 valence electrons. The normalized spacial score (nSPS) is 11.6. The van der Waals surface area contributed by atoms with Gasteiger partial charge in [-0.1, -0.05) is 0 Å². The van der Waals surface area contributed by atoms with E-state index in [0.717, 1.165) is 0 Å².